The van der Waals surface area contributed by atoms with Gasteiger partial charge in [-0.3, -0.25) is 39.6 Å². The molecule has 0 aliphatic carbocycles. The van der Waals surface area contributed by atoms with Crippen LogP contribution in [0.15, 0.2) is 78.9 Å². The molecule has 0 N–H and O–H groups in total. The lowest BCUT2D eigenvalue weighted by molar-refractivity contribution is -0.385. The molecule has 2 aliphatic heterocycles. The second kappa shape index (κ2) is 8.61. The number of fused-ring (bicyclic) bond motifs is 1. The first-order valence-electron chi connectivity index (χ1n) is 10.7. The number of nitrogens with zero attached hydrogens (tertiary/aromatic N) is 4. The summed E-state index contributed by atoms with van der Waals surface area (Å²) in [6, 6.07) is 19.3. The van der Waals surface area contributed by atoms with E-state index in [1.54, 1.807) is 30.3 Å². The molecule has 2 saturated heterocycles. The number of imide groups is 1. The molecule has 35 heavy (non-hydrogen) atoms. The van der Waals surface area contributed by atoms with E-state index >= 15 is 0 Å². The number of carbonyl (C=O) groups excluding carboxylic acids is 2. The molecule has 0 radical (unpaired) electrons. The van der Waals surface area contributed by atoms with Crippen molar-refractivity contribution in [2.75, 3.05) is 5.06 Å². The monoisotopic (exact) mass is 474 g/mol. The van der Waals surface area contributed by atoms with Crippen LogP contribution >= 0.6 is 0 Å². The van der Waals surface area contributed by atoms with Crippen molar-refractivity contribution in [3.05, 3.63) is 110 Å². The average Bonchev–Trinajstić information content (AvgIpc) is 3.36. The quantitative estimate of drug-likeness (QED) is 0.301. The molecule has 0 unspecified atom stereocenters. The van der Waals surface area contributed by atoms with Crippen LogP contribution in [0.25, 0.3) is 0 Å². The molecular formula is C24H18N4O7. The van der Waals surface area contributed by atoms with E-state index in [1.165, 1.54) is 47.5 Å². The standard InChI is InChI=1S/C24H18N4O7/c29-23-20-21(18-11-4-5-12-19(18)28(33)34)26(16-9-6-10-17(13-16)27(31)32)35-22(20)24(30)25(23)14-15-7-2-1-3-8-15/h1-13,20-22H,14H2/t20-,21-,22-/m1/s1. The minimum atomic E-state index is -1.23. The summed E-state index contributed by atoms with van der Waals surface area (Å²) in [6.07, 6.45) is -1.23. The van der Waals surface area contributed by atoms with Gasteiger partial charge in [-0.1, -0.05) is 48.5 Å². The van der Waals surface area contributed by atoms with E-state index in [4.69, 9.17) is 4.84 Å². The number of benzene rings is 3. The van der Waals surface area contributed by atoms with E-state index < -0.39 is 39.7 Å². The van der Waals surface area contributed by atoms with Crippen LogP contribution in [0.2, 0.25) is 0 Å². The van der Waals surface area contributed by atoms with Crippen molar-refractivity contribution >= 4 is 28.9 Å². The highest BCUT2D eigenvalue weighted by Crippen LogP contribution is 2.49. The van der Waals surface area contributed by atoms with Crippen LogP contribution in [0.4, 0.5) is 17.1 Å². The third-order valence-electron chi connectivity index (χ3n) is 6.14. The molecule has 0 spiro atoms. The number of rotatable bonds is 6. The fraction of sp³-hybridized carbons (Fsp3) is 0.167. The van der Waals surface area contributed by atoms with Gasteiger partial charge >= 0.3 is 0 Å². The molecular weight excluding hydrogens is 456 g/mol. The summed E-state index contributed by atoms with van der Waals surface area (Å²) in [5, 5.41) is 24.3. The first kappa shape index (κ1) is 22.2. The van der Waals surface area contributed by atoms with Gasteiger partial charge in [0, 0.05) is 18.2 Å². The van der Waals surface area contributed by atoms with Crippen LogP contribution in [-0.4, -0.2) is 32.7 Å². The number of hydrogen-bond donors (Lipinski definition) is 0. The maximum Gasteiger partial charge on any atom is 0.274 e. The average molecular weight is 474 g/mol. The molecule has 11 nitrogen and oxygen atoms in total. The molecule has 3 aromatic carbocycles. The highest BCUT2D eigenvalue weighted by atomic mass is 16.7. The molecule has 176 valence electrons. The van der Waals surface area contributed by atoms with Crippen molar-refractivity contribution in [3.63, 3.8) is 0 Å². The maximum absolute atomic E-state index is 13.5. The predicted octanol–water partition coefficient (Wildman–Crippen LogP) is 3.55. The van der Waals surface area contributed by atoms with Crippen LogP contribution in [0.3, 0.4) is 0 Å². The third-order valence-corrected chi connectivity index (χ3v) is 6.14. The summed E-state index contributed by atoms with van der Waals surface area (Å²) in [6.45, 7) is 0.0370. The zero-order valence-electron chi connectivity index (χ0n) is 18.1. The van der Waals surface area contributed by atoms with Gasteiger partial charge in [0.2, 0.25) is 5.91 Å². The Hall–Kier alpha value is -4.64. The highest BCUT2D eigenvalue weighted by molar-refractivity contribution is 6.07. The van der Waals surface area contributed by atoms with Gasteiger partial charge in [-0.05, 0) is 17.7 Å². The molecule has 2 amide bonds. The van der Waals surface area contributed by atoms with Crippen LogP contribution < -0.4 is 5.06 Å². The molecule has 11 heteroatoms. The number of para-hydroxylation sites is 1. The Morgan fingerprint density at radius 2 is 1.54 bits per heavy atom. The predicted molar refractivity (Wildman–Crippen MR) is 122 cm³/mol. The number of hydrogen-bond acceptors (Lipinski definition) is 8. The van der Waals surface area contributed by atoms with Crippen LogP contribution in [-0.2, 0) is 21.0 Å². The summed E-state index contributed by atoms with van der Waals surface area (Å²) in [5.74, 6) is -2.17. The van der Waals surface area contributed by atoms with Crippen molar-refractivity contribution in [1.82, 2.24) is 4.90 Å². The van der Waals surface area contributed by atoms with E-state index in [0.717, 1.165) is 10.5 Å². The van der Waals surface area contributed by atoms with E-state index in [2.05, 4.69) is 0 Å². The lowest BCUT2D eigenvalue weighted by Crippen LogP contribution is -2.37. The van der Waals surface area contributed by atoms with Crippen LogP contribution in [0.5, 0.6) is 0 Å². The molecule has 0 aromatic heterocycles. The van der Waals surface area contributed by atoms with Gasteiger partial charge in [0.05, 0.1) is 27.6 Å². The van der Waals surface area contributed by atoms with Crippen molar-refractivity contribution in [2.24, 2.45) is 5.92 Å². The Morgan fingerprint density at radius 1 is 0.829 bits per heavy atom. The molecule has 3 atom stereocenters. The van der Waals surface area contributed by atoms with Gasteiger partial charge in [0.1, 0.15) is 12.0 Å². The number of amides is 2. The summed E-state index contributed by atoms with van der Waals surface area (Å²) < 4.78 is 0. The number of non-ortho nitro benzene ring substituents is 1. The zero-order chi connectivity index (χ0) is 24.7. The van der Waals surface area contributed by atoms with Crippen molar-refractivity contribution < 1.29 is 24.3 Å². The van der Waals surface area contributed by atoms with E-state index in [1.807, 2.05) is 6.07 Å². The first-order valence-corrected chi connectivity index (χ1v) is 10.7. The second-order valence-electron chi connectivity index (χ2n) is 8.16. The fourth-order valence-corrected chi connectivity index (χ4v) is 4.58. The second-order valence-corrected chi connectivity index (χ2v) is 8.16. The van der Waals surface area contributed by atoms with E-state index in [-0.39, 0.29) is 29.2 Å². The largest absolute Gasteiger partial charge is 0.275 e. The Morgan fingerprint density at radius 3 is 2.26 bits per heavy atom. The van der Waals surface area contributed by atoms with Gasteiger partial charge in [0.15, 0.2) is 6.10 Å². The minimum absolute atomic E-state index is 0.0370. The Balaban J connectivity index is 1.60. The number of carbonyl (C=O) groups is 2. The fourth-order valence-electron chi connectivity index (χ4n) is 4.58. The van der Waals surface area contributed by atoms with E-state index in [9.17, 15) is 29.8 Å². The lowest BCUT2D eigenvalue weighted by Gasteiger charge is -2.28. The SMILES string of the molecule is O=C1[C@@H]2[C@@H](c3ccccc3[N+](=O)[O-])N(c3cccc([N+](=O)[O-])c3)O[C@H]2C(=O)N1Cc1ccccc1. The number of nitro groups is 2. The van der Waals surface area contributed by atoms with Crippen LogP contribution in [0, 0.1) is 26.1 Å². The molecule has 3 aromatic rings. The molecule has 2 fully saturated rings. The van der Waals surface area contributed by atoms with Gasteiger partial charge in [0.25, 0.3) is 17.3 Å². The number of likely N-dealkylation sites (tertiary alicyclic amines) is 1. The lowest BCUT2D eigenvalue weighted by atomic mass is 9.89. The summed E-state index contributed by atoms with van der Waals surface area (Å²) in [4.78, 5) is 55.8. The summed E-state index contributed by atoms with van der Waals surface area (Å²) in [7, 11) is 0. The molecule has 0 bridgehead atoms. The zero-order valence-corrected chi connectivity index (χ0v) is 18.1. The minimum Gasteiger partial charge on any atom is -0.275 e. The van der Waals surface area contributed by atoms with Crippen molar-refractivity contribution in [3.8, 4) is 0 Å². The number of nitro benzene ring substituents is 2. The maximum atomic E-state index is 13.5. The van der Waals surface area contributed by atoms with Gasteiger partial charge in [-0.15, -0.1) is 0 Å². The Kier molecular flexibility index (Phi) is 5.46. The molecule has 2 aliphatic rings. The van der Waals surface area contributed by atoms with Gasteiger partial charge in [-0.2, -0.15) is 0 Å². The Labute approximate surface area is 198 Å². The Bertz CT molecular complexity index is 1350. The molecule has 0 saturated carbocycles. The van der Waals surface area contributed by atoms with Gasteiger partial charge < -0.3 is 0 Å². The normalized spacial score (nSPS) is 21.3. The van der Waals surface area contributed by atoms with Crippen molar-refractivity contribution in [1.29, 1.82) is 0 Å². The number of anilines is 1. The first-order chi connectivity index (χ1) is 16.9. The third kappa shape index (κ3) is 3.77. The highest BCUT2D eigenvalue weighted by Gasteiger charge is 2.60. The van der Waals surface area contributed by atoms with Crippen molar-refractivity contribution in [2.45, 2.75) is 18.7 Å². The smallest absolute Gasteiger partial charge is 0.274 e. The molecule has 2 heterocycles. The summed E-state index contributed by atoms with van der Waals surface area (Å²) in [5.41, 5.74) is 0.630. The van der Waals surface area contributed by atoms with Gasteiger partial charge in [-0.25, -0.2) is 5.06 Å². The topological polar surface area (TPSA) is 136 Å². The van der Waals surface area contributed by atoms with E-state index in [0.29, 0.717) is 0 Å². The molecule has 5 rings (SSSR count). The summed E-state index contributed by atoms with van der Waals surface area (Å²) >= 11 is 0. The van der Waals surface area contributed by atoms with Crippen LogP contribution in [0.1, 0.15) is 17.2 Å². The number of hydroxylamine groups is 1.